The highest BCUT2D eigenvalue weighted by molar-refractivity contribution is 6.06. The van der Waals surface area contributed by atoms with E-state index in [2.05, 4.69) is 19.2 Å². The summed E-state index contributed by atoms with van der Waals surface area (Å²) in [6.45, 7) is 6.69. The lowest BCUT2D eigenvalue weighted by molar-refractivity contribution is -0.140. The third-order valence-corrected chi connectivity index (χ3v) is 5.62. The van der Waals surface area contributed by atoms with Gasteiger partial charge in [-0.05, 0) is 30.0 Å². The minimum absolute atomic E-state index is 0.0381. The number of nitrogens with one attached hydrogen (secondary N) is 1. The summed E-state index contributed by atoms with van der Waals surface area (Å²) in [5.41, 5.74) is 6.65. The second kappa shape index (κ2) is 7.19. The zero-order valence-electron chi connectivity index (χ0n) is 15.6. The predicted octanol–water partition coefficient (Wildman–Crippen LogP) is 1.86. The van der Waals surface area contributed by atoms with Crippen LogP contribution in [0.5, 0.6) is 0 Å². The molecular weight excluding hydrogens is 330 g/mol. The second-order valence-corrected chi connectivity index (χ2v) is 7.63. The van der Waals surface area contributed by atoms with E-state index in [4.69, 9.17) is 5.73 Å². The Morgan fingerprint density at radius 3 is 2.31 bits per heavy atom. The molecule has 1 aromatic carbocycles. The molecule has 4 unspecified atom stereocenters. The maximum absolute atomic E-state index is 13.0. The van der Waals surface area contributed by atoms with Crippen LogP contribution >= 0.6 is 0 Å². The largest absolute Gasteiger partial charge is 0.366 e. The van der Waals surface area contributed by atoms with Crippen LogP contribution in [-0.4, -0.2) is 35.2 Å². The quantitative estimate of drug-likeness (QED) is 0.760. The van der Waals surface area contributed by atoms with Crippen molar-refractivity contribution in [3.63, 3.8) is 0 Å². The number of hydrogen-bond acceptors (Lipinski definition) is 4. The molecule has 0 aromatic heterocycles. The number of rotatable bonds is 6. The van der Waals surface area contributed by atoms with Crippen LogP contribution in [0.2, 0.25) is 0 Å². The van der Waals surface area contributed by atoms with Crippen LogP contribution in [0.25, 0.3) is 0 Å². The molecule has 3 amide bonds. The zero-order valence-corrected chi connectivity index (χ0v) is 15.6. The molecule has 4 atom stereocenters. The monoisotopic (exact) mass is 357 g/mol. The topological polar surface area (TPSA) is 92.5 Å². The minimum atomic E-state index is -0.480. The SMILES string of the molecule is CCCCN1C(=O)C2C(c3ccc(C(N)=O)cc3)NC(C(C)C)C2C1=O. The molecule has 140 valence electrons. The molecule has 2 aliphatic heterocycles. The first-order chi connectivity index (χ1) is 12.4. The lowest BCUT2D eigenvalue weighted by Gasteiger charge is -2.24. The van der Waals surface area contributed by atoms with Crippen molar-refractivity contribution in [1.29, 1.82) is 0 Å². The van der Waals surface area contributed by atoms with Crippen molar-refractivity contribution in [1.82, 2.24) is 10.2 Å². The molecule has 2 aliphatic rings. The van der Waals surface area contributed by atoms with Gasteiger partial charge in [0.1, 0.15) is 0 Å². The molecular formula is C20H27N3O3. The summed E-state index contributed by atoms with van der Waals surface area (Å²) in [6, 6.07) is 6.73. The van der Waals surface area contributed by atoms with Crippen LogP contribution in [0.3, 0.4) is 0 Å². The highest BCUT2D eigenvalue weighted by Gasteiger charge is 2.59. The number of nitrogens with two attached hydrogens (primary N) is 1. The van der Waals surface area contributed by atoms with Crippen molar-refractivity contribution in [2.75, 3.05) is 6.54 Å². The fourth-order valence-corrected chi connectivity index (χ4v) is 4.22. The molecule has 3 N–H and O–H groups in total. The van der Waals surface area contributed by atoms with Gasteiger partial charge in [0, 0.05) is 24.2 Å². The number of amides is 3. The Bertz CT molecular complexity index is 714. The molecule has 6 heteroatoms. The van der Waals surface area contributed by atoms with Crippen LogP contribution in [0.1, 0.15) is 55.6 Å². The molecule has 0 spiro atoms. The Morgan fingerprint density at radius 1 is 1.15 bits per heavy atom. The van der Waals surface area contributed by atoms with Crippen molar-refractivity contribution >= 4 is 17.7 Å². The Kier molecular flexibility index (Phi) is 5.14. The van der Waals surface area contributed by atoms with Crippen LogP contribution < -0.4 is 11.1 Å². The molecule has 26 heavy (non-hydrogen) atoms. The lowest BCUT2D eigenvalue weighted by Crippen LogP contribution is -2.41. The molecule has 3 rings (SSSR count). The van der Waals surface area contributed by atoms with Crippen LogP contribution in [-0.2, 0) is 9.59 Å². The van der Waals surface area contributed by atoms with Gasteiger partial charge in [0.2, 0.25) is 17.7 Å². The summed E-state index contributed by atoms with van der Waals surface area (Å²) < 4.78 is 0. The maximum Gasteiger partial charge on any atom is 0.248 e. The smallest absolute Gasteiger partial charge is 0.248 e. The number of carbonyl (C=O) groups is 3. The Labute approximate surface area is 154 Å². The average molecular weight is 357 g/mol. The number of benzene rings is 1. The standard InChI is InChI=1S/C20H27N3O3/c1-4-5-10-23-19(25)14-15(20(23)26)17(22-16(14)11(2)3)12-6-8-13(9-7-12)18(21)24/h6-9,11,14-17,22H,4-5,10H2,1-3H3,(H2,21,24). The predicted molar refractivity (Wildman–Crippen MR) is 98.1 cm³/mol. The number of primary amides is 1. The van der Waals surface area contributed by atoms with Crippen molar-refractivity contribution < 1.29 is 14.4 Å². The number of fused-ring (bicyclic) bond motifs is 1. The molecule has 0 bridgehead atoms. The molecule has 2 heterocycles. The van der Waals surface area contributed by atoms with Gasteiger partial charge in [0.05, 0.1) is 11.8 Å². The lowest BCUT2D eigenvalue weighted by atomic mass is 9.83. The number of nitrogens with zero attached hydrogens (tertiary/aromatic N) is 1. The highest BCUT2D eigenvalue weighted by Crippen LogP contribution is 2.45. The molecule has 0 aliphatic carbocycles. The highest BCUT2D eigenvalue weighted by atomic mass is 16.2. The van der Waals surface area contributed by atoms with Gasteiger partial charge in [-0.1, -0.05) is 39.3 Å². The van der Waals surface area contributed by atoms with E-state index in [0.717, 1.165) is 18.4 Å². The number of imide groups is 1. The number of hydrogen-bond donors (Lipinski definition) is 2. The third kappa shape index (κ3) is 3.03. The van der Waals surface area contributed by atoms with Gasteiger partial charge in [0.15, 0.2) is 0 Å². The second-order valence-electron chi connectivity index (χ2n) is 7.63. The first-order valence-corrected chi connectivity index (χ1v) is 9.37. The van der Waals surface area contributed by atoms with E-state index in [1.165, 1.54) is 4.90 Å². The minimum Gasteiger partial charge on any atom is -0.366 e. The number of carbonyl (C=O) groups excluding carboxylic acids is 3. The zero-order chi connectivity index (χ0) is 19.0. The summed E-state index contributed by atoms with van der Waals surface area (Å²) in [6.07, 6.45) is 1.77. The van der Waals surface area contributed by atoms with Gasteiger partial charge >= 0.3 is 0 Å². The molecule has 6 nitrogen and oxygen atoms in total. The van der Waals surface area contributed by atoms with Crippen molar-refractivity contribution in [2.45, 2.75) is 45.7 Å². The summed E-state index contributed by atoms with van der Waals surface area (Å²) in [4.78, 5) is 38.7. The van der Waals surface area contributed by atoms with Gasteiger partial charge in [0.25, 0.3) is 0 Å². The van der Waals surface area contributed by atoms with Crippen molar-refractivity contribution in [3.8, 4) is 0 Å². The Balaban J connectivity index is 1.93. The average Bonchev–Trinajstić information content (AvgIpc) is 3.12. The Morgan fingerprint density at radius 2 is 1.77 bits per heavy atom. The van der Waals surface area contributed by atoms with E-state index in [1.54, 1.807) is 12.1 Å². The number of likely N-dealkylation sites (tertiary alicyclic amines) is 1. The van der Waals surface area contributed by atoms with Gasteiger partial charge in [-0.2, -0.15) is 0 Å². The first-order valence-electron chi connectivity index (χ1n) is 9.37. The van der Waals surface area contributed by atoms with Gasteiger partial charge in [-0.25, -0.2) is 0 Å². The first kappa shape index (κ1) is 18.6. The van der Waals surface area contributed by atoms with E-state index in [9.17, 15) is 14.4 Å². The normalized spacial score (nSPS) is 28.1. The molecule has 1 aromatic rings. The van der Waals surface area contributed by atoms with Crippen LogP contribution in [0.4, 0.5) is 0 Å². The maximum atomic E-state index is 13.0. The summed E-state index contributed by atoms with van der Waals surface area (Å²) in [5, 5.41) is 3.51. The van der Waals surface area contributed by atoms with Gasteiger partial charge < -0.3 is 11.1 Å². The van der Waals surface area contributed by atoms with E-state index >= 15 is 0 Å². The third-order valence-electron chi connectivity index (χ3n) is 5.62. The van der Waals surface area contributed by atoms with E-state index in [-0.39, 0.29) is 41.7 Å². The fourth-order valence-electron chi connectivity index (χ4n) is 4.22. The summed E-state index contributed by atoms with van der Waals surface area (Å²) >= 11 is 0. The summed E-state index contributed by atoms with van der Waals surface area (Å²) in [7, 11) is 0. The fraction of sp³-hybridized carbons (Fsp3) is 0.550. The van der Waals surface area contributed by atoms with Gasteiger partial charge in [-0.15, -0.1) is 0 Å². The molecule has 2 saturated heterocycles. The molecule has 0 radical (unpaired) electrons. The van der Waals surface area contributed by atoms with Crippen LogP contribution in [0, 0.1) is 17.8 Å². The Hall–Kier alpha value is -2.21. The van der Waals surface area contributed by atoms with Crippen molar-refractivity contribution in [2.24, 2.45) is 23.5 Å². The molecule has 0 saturated carbocycles. The van der Waals surface area contributed by atoms with Gasteiger partial charge in [-0.3, -0.25) is 19.3 Å². The van der Waals surface area contributed by atoms with Crippen molar-refractivity contribution in [3.05, 3.63) is 35.4 Å². The van der Waals surface area contributed by atoms with E-state index in [0.29, 0.717) is 12.1 Å². The van der Waals surface area contributed by atoms with E-state index < -0.39 is 5.91 Å². The van der Waals surface area contributed by atoms with E-state index in [1.807, 2.05) is 19.1 Å². The van der Waals surface area contributed by atoms with Crippen LogP contribution in [0.15, 0.2) is 24.3 Å². The molecule has 2 fully saturated rings. The summed E-state index contributed by atoms with van der Waals surface area (Å²) in [5.74, 6) is -1.07. The number of unbranched alkanes of at least 4 members (excludes halogenated alkanes) is 1.